The molecule has 0 saturated heterocycles. The van der Waals surface area contributed by atoms with Gasteiger partial charge in [0, 0.05) is 11.6 Å². The number of nitrogens with two attached hydrogens (primary N) is 1. The number of carbonyl (C=O) groups excluding carboxylic acids is 2. The van der Waals surface area contributed by atoms with E-state index in [0.29, 0.717) is 15.6 Å². The van der Waals surface area contributed by atoms with E-state index in [1.165, 1.54) is 18.2 Å². The average Bonchev–Trinajstić information content (AvgIpc) is 3.39. The van der Waals surface area contributed by atoms with Gasteiger partial charge in [0.05, 0.1) is 32.2 Å². The summed E-state index contributed by atoms with van der Waals surface area (Å²) in [6.45, 7) is 0. The van der Waals surface area contributed by atoms with Crippen molar-refractivity contribution in [2.24, 2.45) is 5.92 Å². The highest BCUT2D eigenvalue weighted by molar-refractivity contribution is 6.53. The van der Waals surface area contributed by atoms with Gasteiger partial charge in [-0.25, -0.2) is 8.78 Å². The van der Waals surface area contributed by atoms with Crippen molar-refractivity contribution in [3.63, 3.8) is 0 Å². The molecule has 1 fully saturated rings. The molecule has 1 aliphatic carbocycles. The zero-order chi connectivity index (χ0) is 25.7. The molecule has 2 amide bonds. The number of benzene rings is 3. The van der Waals surface area contributed by atoms with Crippen molar-refractivity contribution in [3.8, 4) is 0 Å². The third kappa shape index (κ3) is 5.01. The number of nitrogens with one attached hydrogen (secondary N) is 2. The maximum atomic E-state index is 14.2. The van der Waals surface area contributed by atoms with E-state index >= 15 is 0 Å². The number of hydrogen-bond acceptors (Lipinski definition) is 3. The van der Waals surface area contributed by atoms with Crippen LogP contribution in [-0.4, -0.2) is 16.1 Å². The molecule has 0 spiro atoms. The van der Waals surface area contributed by atoms with Gasteiger partial charge in [-0.1, -0.05) is 40.9 Å². The van der Waals surface area contributed by atoms with Crippen LogP contribution in [0.25, 0.3) is 0 Å². The first-order valence-corrected chi connectivity index (χ1v) is 11.8. The van der Waals surface area contributed by atoms with Gasteiger partial charge in [-0.3, -0.25) is 9.59 Å². The minimum atomic E-state index is -1.39. The van der Waals surface area contributed by atoms with Gasteiger partial charge in [-0.05, 0) is 48.0 Å². The molecule has 0 aliphatic heterocycles. The molecule has 1 saturated carbocycles. The predicted octanol–water partition coefficient (Wildman–Crippen LogP) is 7.29. The quantitative estimate of drug-likeness (QED) is 0.219. The van der Waals surface area contributed by atoms with Gasteiger partial charge in [0.1, 0.15) is 15.8 Å². The molecule has 2 atom stereocenters. The average molecular weight is 580 g/mol. The molecule has 4 N–H and O–H groups in total. The Morgan fingerprint density at radius 3 is 2.26 bits per heavy atom. The van der Waals surface area contributed by atoms with E-state index in [0.717, 1.165) is 12.1 Å². The molecule has 182 valence electrons. The van der Waals surface area contributed by atoms with Gasteiger partial charge in [0.15, 0.2) is 5.82 Å². The third-order valence-electron chi connectivity index (χ3n) is 5.48. The van der Waals surface area contributed by atoms with E-state index in [4.69, 9.17) is 63.7 Å². The largest absolute Gasteiger partial charge is 0.396 e. The van der Waals surface area contributed by atoms with E-state index in [-0.39, 0.29) is 22.0 Å². The van der Waals surface area contributed by atoms with Crippen molar-refractivity contribution < 1.29 is 18.4 Å². The summed E-state index contributed by atoms with van der Waals surface area (Å²) >= 11 is 30.8. The number of anilines is 3. The number of alkyl halides is 2. The molecule has 12 heteroatoms. The van der Waals surface area contributed by atoms with Crippen molar-refractivity contribution in [2.75, 3.05) is 16.4 Å². The highest BCUT2D eigenvalue weighted by atomic mass is 35.5. The minimum absolute atomic E-state index is 0.0191. The second kappa shape index (κ2) is 9.64. The Kier molecular flexibility index (Phi) is 7.10. The normalized spacial score (nSPS) is 18.1. The molecular formula is C23H14Cl5F2N3O2. The van der Waals surface area contributed by atoms with Crippen LogP contribution in [-0.2, 0) is 4.79 Å². The van der Waals surface area contributed by atoms with E-state index < -0.39 is 45.3 Å². The van der Waals surface area contributed by atoms with Crippen LogP contribution >= 0.6 is 58.0 Å². The number of carbonyl (C=O) groups is 2. The zero-order valence-electron chi connectivity index (χ0n) is 17.3. The van der Waals surface area contributed by atoms with E-state index in [1.807, 2.05) is 0 Å². The Morgan fingerprint density at radius 2 is 1.57 bits per heavy atom. The SMILES string of the molecule is Nc1ccc(F)c(NC(=O)c2cc(NC(=O)[C@H]3[C@H](c4ccc(Cl)c(Cl)c4)C3(Cl)Cl)ccc2Cl)c1F. The summed E-state index contributed by atoms with van der Waals surface area (Å²) in [5.74, 6) is -4.96. The summed E-state index contributed by atoms with van der Waals surface area (Å²) in [6, 6.07) is 10.8. The second-order valence-electron chi connectivity index (χ2n) is 7.77. The molecule has 0 radical (unpaired) electrons. The van der Waals surface area contributed by atoms with Crippen LogP contribution < -0.4 is 16.4 Å². The standard InChI is InChI=1S/C23H14Cl5F2N3O2/c24-12-4-2-10(8-11(12)21(34)33-20-15(29)5-6-16(31)19(20)30)32-22(35)18-17(23(18,27)28)9-1-3-13(25)14(26)7-9/h1-8,17-18H,31H2,(H,32,35)(H,33,34)/t17-,18+/m0/s1. The second-order valence-corrected chi connectivity index (χ2v) is 10.4. The van der Waals surface area contributed by atoms with Gasteiger partial charge >= 0.3 is 0 Å². The van der Waals surface area contributed by atoms with Crippen LogP contribution in [0, 0.1) is 17.6 Å². The fraction of sp³-hybridized carbons (Fsp3) is 0.130. The van der Waals surface area contributed by atoms with E-state index in [2.05, 4.69) is 10.6 Å². The number of rotatable bonds is 5. The van der Waals surface area contributed by atoms with Crippen molar-refractivity contribution >= 4 is 86.9 Å². The van der Waals surface area contributed by atoms with Crippen LogP contribution in [0.1, 0.15) is 21.8 Å². The predicted molar refractivity (Wildman–Crippen MR) is 136 cm³/mol. The number of halogens is 7. The lowest BCUT2D eigenvalue weighted by Crippen LogP contribution is -2.19. The molecule has 35 heavy (non-hydrogen) atoms. The Bertz CT molecular complexity index is 1370. The van der Waals surface area contributed by atoms with Gasteiger partial charge in [0.25, 0.3) is 5.91 Å². The summed E-state index contributed by atoms with van der Waals surface area (Å²) in [5.41, 5.74) is 5.03. The van der Waals surface area contributed by atoms with Crippen molar-refractivity contribution in [1.82, 2.24) is 0 Å². The first kappa shape index (κ1) is 25.8. The van der Waals surface area contributed by atoms with Gasteiger partial charge in [0.2, 0.25) is 5.91 Å². The molecule has 1 aliphatic rings. The van der Waals surface area contributed by atoms with Crippen molar-refractivity contribution in [2.45, 2.75) is 10.3 Å². The van der Waals surface area contributed by atoms with Crippen molar-refractivity contribution in [1.29, 1.82) is 0 Å². The van der Waals surface area contributed by atoms with Gasteiger partial charge in [-0.15, -0.1) is 23.2 Å². The monoisotopic (exact) mass is 577 g/mol. The lowest BCUT2D eigenvalue weighted by atomic mass is 10.1. The Labute approximate surface area is 223 Å². The number of hydrogen-bond donors (Lipinski definition) is 3. The number of nitrogen functional groups attached to an aromatic ring is 1. The van der Waals surface area contributed by atoms with Gasteiger partial charge < -0.3 is 16.4 Å². The molecule has 0 aromatic heterocycles. The summed E-state index contributed by atoms with van der Waals surface area (Å²) in [4.78, 5) is 25.6. The molecule has 0 unspecified atom stereocenters. The molecule has 4 rings (SSSR count). The van der Waals surface area contributed by atoms with Crippen LogP contribution in [0.2, 0.25) is 15.1 Å². The Hall–Kier alpha value is -2.29. The van der Waals surface area contributed by atoms with Crippen LogP contribution in [0.15, 0.2) is 48.5 Å². The summed E-state index contributed by atoms with van der Waals surface area (Å²) < 4.78 is 26.8. The fourth-order valence-electron chi connectivity index (χ4n) is 3.63. The lowest BCUT2D eigenvalue weighted by molar-refractivity contribution is -0.117. The van der Waals surface area contributed by atoms with Crippen LogP contribution in [0.4, 0.5) is 25.8 Å². The van der Waals surface area contributed by atoms with E-state index in [9.17, 15) is 18.4 Å². The summed E-state index contributed by atoms with van der Waals surface area (Å²) in [5, 5.41) is 5.36. The highest BCUT2D eigenvalue weighted by Crippen LogP contribution is 2.65. The molecule has 5 nitrogen and oxygen atoms in total. The highest BCUT2D eigenvalue weighted by Gasteiger charge is 2.67. The van der Waals surface area contributed by atoms with Gasteiger partial charge in [-0.2, -0.15) is 0 Å². The summed E-state index contributed by atoms with van der Waals surface area (Å²) in [6.07, 6.45) is 0. The zero-order valence-corrected chi connectivity index (χ0v) is 21.1. The first-order chi connectivity index (χ1) is 16.4. The maximum absolute atomic E-state index is 14.2. The van der Waals surface area contributed by atoms with Crippen molar-refractivity contribution in [3.05, 3.63) is 86.4 Å². The number of amides is 2. The minimum Gasteiger partial charge on any atom is -0.396 e. The lowest BCUT2D eigenvalue weighted by Gasteiger charge is -2.12. The molecule has 0 bridgehead atoms. The molecular weight excluding hydrogens is 566 g/mol. The van der Waals surface area contributed by atoms with Crippen LogP contribution in [0.5, 0.6) is 0 Å². The molecule has 0 heterocycles. The Balaban J connectivity index is 1.53. The third-order valence-corrected chi connectivity index (χ3v) is 7.49. The smallest absolute Gasteiger partial charge is 0.257 e. The maximum Gasteiger partial charge on any atom is 0.257 e. The topological polar surface area (TPSA) is 84.2 Å². The first-order valence-electron chi connectivity index (χ1n) is 9.89. The van der Waals surface area contributed by atoms with E-state index in [1.54, 1.807) is 18.2 Å². The fourth-order valence-corrected chi connectivity index (χ4v) is 4.97. The molecule has 3 aromatic rings. The molecule has 3 aromatic carbocycles. The Morgan fingerprint density at radius 1 is 0.886 bits per heavy atom. The summed E-state index contributed by atoms with van der Waals surface area (Å²) in [7, 11) is 0. The van der Waals surface area contributed by atoms with Crippen LogP contribution in [0.3, 0.4) is 0 Å².